The maximum Gasteiger partial charge on any atom is 0.163 e. The number of aryl methyl sites for hydroxylation is 1. The molecule has 1 aromatic rings. The number of carbonyl (C=O) groups excluding carboxylic acids is 1. The van der Waals surface area contributed by atoms with Crippen molar-refractivity contribution in [3.05, 3.63) is 28.3 Å². The van der Waals surface area contributed by atoms with E-state index in [0.29, 0.717) is 12.2 Å². The molecule has 2 aliphatic carbocycles. The third-order valence-corrected chi connectivity index (χ3v) is 3.92. The number of hydrogen-bond acceptors (Lipinski definition) is 2. The summed E-state index contributed by atoms with van der Waals surface area (Å²) in [6.45, 7) is 0. The molecule has 0 amide bonds. The van der Waals surface area contributed by atoms with Crippen LogP contribution in [0.3, 0.4) is 0 Å². The number of hydrogen-bond donors (Lipinski definition) is 1. The molecule has 0 spiro atoms. The van der Waals surface area contributed by atoms with Crippen molar-refractivity contribution < 1.29 is 4.79 Å². The molecule has 0 unspecified atom stereocenters. The van der Waals surface area contributed by atoms with E-state index in [4.69, 9.17) is 0 Å². The van der Waals surface area contributed by atoms with Gasteiger partial charge in [-0.3, -0.25) is 4.79 Å². The molecular formula is C12H12OS. The zero-order chi connectivity index (χ0) is 9.71. The van der Waals surface area contributed by atoms with Crippen LogP contribution in [0.5, 0.6) is 0 Å². The van der Waals surface area contributed by atoms with E-state index >= 15 is 0 Å². The molecule has 0 aromatic heterocycles. The molecule has 1 aromatic carbocycles. The largest absolute Gasteiger partial charge is 0.294 e. The van der Waals surface area contributed by atoms with Crippen LogP contribution in [0.4, 0.5) is 0 Å². The summed E-state index contributed by atoms with van der Waals surface area (Å²) >= 11 is 4.58. The van der Waals surface area contributed by atoms with Gasteiger partial charge in [-0.15, -0.1) is 12.6 Å². The first kappa shape index (κ1) is 8.54. The Morgan fingerprint density at radius 1 is 1.07 bits per heavy atom. The van der Waals surface area contributed by atoms with E-state index in [2.05, 4.69) is 18.7 Å². The van der Waals surface area contributed by atoms with Crippen molar-refractivity contribution in [2.75, 3.05) is 0 Å². The highest BCUT2D eigenvalue weighted by Crippen LogP contribution is 2.36. The minimum atomic E-state index is 0.310. The van der Waals surface area contributed by atoms with Gasteiger partial charge in [-0.25, -0.2) is 0 Å². The normalized spacial score (nSPS) is 18.5. The maximum absolute atomic E-state index is 11.6. The molecule has 14 heavy (non-hydrogen) atoms. The molecule has 1 nitrogen and oxygen atoms in total. The number of fused-ring (bicyclic) bond motifs is 2. The first-order chi connectivity index (χ1) is 6.77. The van der Waals surface area contributed by atoms with Crippen LogP contribution in [0.15, 0.2) is 11.0 Å². The third-order valence-electron chi connectivity index (χ3n) is 3.38. The minimum Gasteiger partial charge on any atom is -0.294 e. The van der Waals surface area contributed by atoms with E-state index in [0.717, 1.165) is 29.7 Å². The van der Waals surface area contributed by atoms with Crippen molar-refractivity contribution >= 4 is 18.4 Å². The van der Waals surface area contributed by atoms with Gasteiger partial charge < -0.3 is 0 Å². The quantitative estimate of drug-likeness (QED) is 0.643. The van der Waals surface area contributed by atoms with Crippen molar-refractivity contribution in [2.45, 2.75) is 37.0 Å². The number of carbonyl (C=O) groups is 1. The molecule has 0 aliphatic heterocycles. The second-order valence-corrected chi connectivity index (χ2v) is 4.61. The van der Waals surface area contributed by atoms with Crippen LogP contribution < -0.4 is 0 Å². The van der Waals surface area contributed by atoms with Gasteiger partial charge in [0.2, 0.25) is 0 Å². The topological polar surface area (TPSA) is 17.1 Å². The maximum atomic E-state index is 11.6. The number of ketones is 1. The SMILES string of the molecule is O=C1CCc2c1cc1c(c2S)CCC1. The lowest BCUT2D eigenvalue weighted by Crippen LogP contribution is -1.96. The minimum absolute atomic E-state index is 0.310. The molecule has 0 radical (unpaired) electrons. The zero-order valence-electron chi connectivity index (χ0n) is 7.97. The molecule has 2 heteroatoms. The van der Waals surface area contributed by atoms with Gasteiger partial charge in [0.05, 0.1) is 0 Å². The molecule has 0 heterocycles. The van der Waals surface area contributed by atoms with Crippen molar-refractivity contribution in [1.82, 2.24) is 0 Å². The summed E-state index contributed by atoms with van der Waals surface area (Å²) in [5.41, 5.74) is 4.93. The second kappa shape index (κ2) is 2.86. The fourth-order valence-corrected chi connectivity index (χ4v) is 3.13. The summed E-state index contributed by atoms with van der Waals surface area (Å²) in [5, 5.41) is 0. The highest BCUT2D eigenvalue weighted by atomic mass is 32.1. The summed E-state index contributed by atoms with van der Waals surface area (Å²) in [4.78, 5) is 12.7. The highest BCUT2D eigenvalue weighted by Gasteiger charge is 2.26. The number of Topliss-reactive ketones (excluding diaryl/α,β-unsaturated/α-hetero) is 1. The van der Waals surface area contributed by atoms with Gasteiger partial charge >= 0.3 is 0 Å². The van der Waals surface area contributed by atoms with E-state index < -0.39 is 0 Å². The Morgan fingerprint density at radius 2 is 1.93 bits per heavy atom. The van der Waals surface area contributed by atoms with E-state index in [9.17, 15) is 4.79 Å². The molecule has 0 atom stereocenters. The summed E-state index contributed by atoms with van der Waals surface area (Å²) in [6, 6.07) is 2.12. The zero-order valence-corrected chi connectivity index (χ0v) is 8.86. The Bertz CT molecular complexity index is 434. The average Bonchev–Trinajstić information content (AvgIpc) is 2.75. The molecule has 0 N–H and O–H groups in total. The Hall–Kier alpha value is -0.760. The van der Waals surface area contributed by atoms with Gasteiger partial charge in [-0.05, 0) is 48.4 Å². The van der Waals surface area contributed by atoms with Gasteiger partial charge in [0.1, 0.15) is 0 Å². The Balaban J connectivity index is 2.29. The second-order valence-electron chi connectivity index (χ2n) is 4.17. The first-order valence-corrected chi connectivity index (χ1v) is 5.62. The monoisotopic (exact) mass is 204 g/mol. The molecule has 2 aliphatic rings. The van der Waals surface area contributed by atoms with Crippen molar-refractivity contribution in [3.63, 3.8) is 0 Å². The van der Waals surface area contributed by atoms with Crippen LogP contribution in [-0.4, -0.2) is 5.78 Å². The average molecular weight is 204 g/mol. The fourth-order valence-electron chi connectivity index (χ4n) is 2.64. The molecule has 72 valence electrons. The lowest BCUT2D eigenvalue weighted by molar-refractivity contribution is 0.0994. The van der Waals surface area contributed by atoms with Crippen molar-refractivity contribution in [3.8, 4) is 0 Å². The van der Waals surface area contributed by atoms with Gasteiger partial charge in [0, 0.05) is 16.9 Å². The molecule has 3 rings (SSSR count). The summed E-state index contributed by atoms with van der Waals surface area (Å²) < 4.78 is 0. The highest BCUT2D eigenvalue weighted by molar-refractivity contribution is 7.80. The predicted octanol–water partition coefficient (Wildman–Crippen LogP) is 2.59. The Labute approximate surface area is 88.9 Å². The molecule has 0 saturated carbocycles. The fraction of sp³-hybridized carbons (Fsp3) is 0.417. The van der Waals surface area contributed by atoms with E-state index in [-0.39, 0.29) is 0 Å². The molecule has 0 fully saturated rings. The van der Waals surface area contributed by atoms with E-state index in [1.54, 1.807) is 0 Å². The van der Waals surface area contributed by atoms with Gasteiger partial charge in [0.25, 0.3) is 0 Å². The summed E-state index contributed by atoms with van der Waals surface area (Å²) in [5.74, 6) is 0.310. The van der Waals surface area contributed by atoms with Crippen LogP contribution >= 0.6 is 12.6 Å². The van der Waals surface area contributed by atoms with Crippen LogP contribution in [0, 0.1) is 0 Å². The lowest BCUT2D eigenvalue weighted by atomic mass is 10.0. The van der Waals surface area contributed by atoms with Gasteiger partial charge in [-0.1, -0.05) is 0 Å². The van der Waals surface area contributed by atoms with Gasteiger partial charge in [0.15, 0.2) is 5.78 Å². The van der Waals surface area contributed by atoms with Gasteiger partial charge in [-0.2, -0.15) is 0 Å². The summed E-state index contributed by atoms with van der Waals surface area (Å²) in [7, 11) is 0. The Kier molecular flexibility index (Phi) is 1.75. The van der Waals surface area contributed by atoms with E-state index in [1.165, 1.54) is 23.1 Å². The third kappa shape index (κ3) is 1.01. The standard InChI is InChI=1S/C12H12OS/c13-11-5-4-9-10(11)6-7-2-1-3-8(7)12(9)14/h6,14H,1-5H2. The number of benzene rings is 1. The number of rotatable bonds is 0. The van der Waals surface area contributed by atoms with E-state index in [1.807, 2.05) is 0 Å². The molecule has 0 bridgehead atoms. The predicted molar refractivity (Wildman–Crippen MR) is 58.4 cm³/mol. The smallest absolute Gasteiger partial charge is 0.163 e. The van der Waals surface area contributed by atoms with Crippen molar-refractivity contribution in [1.29, 1.82) is 0 Å². The summed E-state index contributed by atoms with van der Waals surface area (Å²) in [6.07, 6.45) is 5.09. The molecular weight excluding hydrogens is 192 g/mol. The van der Waals surface area contributed by atoms with Crippen LogP contribution in [-0.2, 0) is 19.3 Å². The lowest BCUT2D eigenvalue weighted by Gasteiger charge is -2.08. The number of thiol groups is 1. The molecule has 0 saturated heterocycles. The first-order valence-electron chi connectivity index (χ1n) is 5.17. The Morgan fingerprint density at radius 3 is 2.79 bits per heavy atom. The van der Waals surface area contributed by atoms with Crippen LogP contribution in [0.25, 0.3) is 0 Å². The van der Waals surface area contributed by atoms with Crippen LogP contribution in [0.2, 0.25) is 0 Å². The van der Waals surface area contributed by atoms with Crippen LogP contribution in [0.1, 0.15) is 39.9 Å². The van der Waals surface area contributed by atoms with Crippen molar-refractivity contribution in [2.24, 2.45) is 0 Å².